The number of anilines is 2. The van der Waals surface area contributed by atoms with Gasteiger partial charge in [-0.1, -0.05) is 91.0 Å². The zero-order chi connectivity index (χ0) is 22.5. The number of aromatic nitrogens is 1. The Bertz CT molecular complexity index is 1660. The summed E-state index contributed by atoms with van der Waals surface area (Å²) in [6, 6.07) is 44.7. The monoisotopic (exact) mass is 435 g/mol. The van der Waals surface area contributed by atoms with Crippen LogP contribution >= 0.6 is 0 Å². The smallest absolute Gasteiger partial charge is 0.220 e. The summed E-state index contributed by atoms with van der Waals surface area (Å²) < 4.78 is 2.30. The molecule has 3 nitrogen and oxygen atoms in total. The zero-order valence-electron chi connectivity index (χ0n) is 18.5. The molecule has 0 spiro atoms. The fourth-order valence-electron chi connectivity index (χ4n) is 5.08. The molecule has 1 aliphatic heterocycles. The van der Waals surface area contributed by atoms with Crippen LogP contribution in [-0.2, 0) is 0 Å². The first kappa shape index (κ1) is 18.9. The summed E-state index contributed by atoms with van der Waals surface area (Å²) in [5.74, 6) is 0.862. The van der Waals surface area contributed by atoms with E-state index in [0.717, 1.165) is 39.6 Å². The van der Waals surface area contributed by atoms with E-state index in [4.69, 9.17) is 4.99 Å². The predicted octanol–water partition coefficient (Wildman–Crippen LogP) is 8.15. The van der Waals surface area contributed by atoms with Crippen LogP contribution in [0, 0.1) is 0 Å². The van der Waals surface area contributed by atoms with Crippen molar-refractivity contribution < 1.29 is 0 Å². The molecule has 0 N–H and O–H groups in total. The second kappa shape index (κ2) is 7.46. The van der Waals surface area contributed by atoms with Crippen LogP contribution < -0.4 is 4.90 Å². The molecule has 160 valence electrons. The molecule has 1 aromatic heterocycles. The largest absolute Gasteiger partial charge is 0.280 e. The fraction of sp³-hybridized carbons (Fsp3) is 0. The van der Waals surface area contributed by atoms with Gasteiger partial charge in [-0.15, -0.1) is 0 Å². The van der Waals surface area contributed by atoms with Gasteiger partial charge in [-0.05, 0) is 36.4 Å². The van der Waals surface area contributed by atoms with E-state index < -0.39 is 0 Å². The van der Waals surface area contributed by atoms with Crippen LogP contribution in [0.3, 0.4) is 0 Å². The standard InChI is InChI=1S/C31H21N3/c1-2-12-22(13-3-1)33-28-19-9-5-15-24(28)23-14-4-8-18-27(23)32-31(33)34-29-20-10-6-16-25(29)26-17-7-11-21-30(26)34/h1-21H. The Morgan fingerprint density at radius 1 is 0.471 bits per heavy atom. The highest BCUT2D eigenvalue weighted by Crippen LogP contribution is 2.44. The Morgan fingerprint density at radius 3 is 1.76 bits per heavy atom. The number of aliphatic imine (C=N–C) groups is 1. The van der Waals surface area contributed by atoms with Crippen molar-refractivity contribution in [3.63, 3.8) is 0 Å². The maximum absolute atomic E-state index is 5.36. The number of rotatable bonds is 1. The summed E-state index contributed by atoms with van der Waals surface area (Å²) in [5, 5.41) is 2.44. The van der Waals surface area contributed by atoms with Crippen molar-refractivity contribution in [3.8, 4) is 11.1 Å². The molecule has 1 aliphatic rings. The molecular weight excluding hydrogens is 414 g/mol. The second-order valence-corrected chi connectivity index (χ2v) is 8.49. The number of fused-ring (bicyclic) bond motifs is 6. The molecule has 7 rings (SSSR count). The molecule has 3 heteroatoms. The zero-order valence-corrected chi connectivity index (χ0v) is 18.5. The van der Waals surface area contributed by atoms with Gasteiger partial charge in [0.15, 0.2) is 0 Å². The van der Waals surface area contributed by atoms with Crippen LogP contribution in [0.4, 0.5) is 17.1 Å². The van der Waals surface area contributed by atoms with Gasteiger partial charge in [-0.2, -0.15) is 0 Å². The Balaban J connectivity index is 1.66. The van der Waals surface area contributed by atoms with Crippen LogP contribution in [-0.4, -0.2) is 10.5 Å². The third kappa shape index (κ3) is 2.74. The maximum Gasteiger partial charge on any atom is 0.220 e. The van der Waals surface area contributed by atoms with Crippen LogP contribution in [0.2, 0.25) is 0 Å². The second-order valence-electron chi connectivity index (χ2n) is 8.49. The maximum atomic E-state index is 5.36. The lowest BCUT2D eigenvalue weighted by Crippen LogP contribution is -2.32. The summed E-state index contributed by atoms with van der Waals surface area (Å²) in [5.41, 5.74) is 7.73. The van der Waals surface area contributed by atoms with Gasteiger partial charge < -0.3 is 0 Å². The first-order valence-corrected chi connectivity index (χ1v) is 11.5. The van der Waals surface area contributed by atoms with E-state index in [2.05, 4.69) is 137 Å². The summed E-state index contributed by atoms with van der Waals surface area (Å²) in [6.45, 7) is 0. The van der Waals surface area contributed by atoms with Gasteiger partial charge in [0.25, 0.3) is 0 Å². The summed E-state index contributed by atoms with van der Waals surface area (Å²) in [4.78, 5) is 7.65. The van der Waals surface area contributed by atoms with Crippen molar-refractivity contribution in [2.75, 3.05) is 4.90 Å². The van der Waals surface area contributed by atoms with Crippen LogP contribution in [0.15, 0.2) is 132 Å². The molecule has 2 heterocycles. The van der Waals surface area contributed by atoms with E-state index in [9.17, 15) is 0 Å². The fourth-order valence-corrected chi connectivity index (χ4v) is 5.08. The van der Waals surface area contributed by atoms with Crippen molar-refractivity contribution in [2.45, 2.75) is 0 Å². The molecule has 0 fully saturated rings. The lowest BCUT2D eigenvalue weighted by atomic mass is 10.0. The average molecular weight is 436 g/mol. The normalized spacial score (nSPS) is 12.8. The summed E-state index contributed by atoms with van der Waals surface area (Å²) in [7, 11) is 0. The van der Waals surface area contributed by atoms with E-state index in [1.54, 1.807) is 0 Å². The van der Waals surface area contributed by atoms with E-state index in [1.807, 2.05) is 0 Å². The molecule has 0 bridgehead atoms. The predicted molar refractivity (Wildman–Crippen MR) is 142 cm³/mol. The van der Waals surface area contributed by atoms with E-state index >= 15 is 0 Å². The van der Waals surface area contributed by atoms with Crippen molar-refractivity contribution in [1.29, 1.82) is 0 Å². The topological polar surface area (TPSA) is 20.5 Å². The first-order valence-electron chi connectivity index (χ1n) is 11.5. The quantitative estimate of drug-likeness (QED) is 0.255. The molecule has 0 saturated carbocycles. The third-order valence-electron chi connectivity index (χ3n) is 6.55. The number of para-hydroxylation sites is 5. The highest BCUT2D eigenvalue weighted by atomic mass is 15.3. The van der Waals surface area contributed by atoms with Crippen LogP contribution in [0.5, 0.6) is 0 Å². The molecular formula is C31H21N3. The molecule has 0 atom stereocenters. The van der Waals surface area contributed by atoms with Gasteiger partial charge in [0.05, 0.1) is 22.4 Å². The van der Waals surface area contributed by atoms with Crippen molar-refractivity contribution >= 4 is 44.8 Å². The Labute approximate surface area is 197 Å². The average Bonchev–Trinajstić information content (AvgIpc) is 3.16. The number of hydrogen-bond acceptors (Lipinski definition) is 2. The molecule has 6 aromatic rings. The highest BCUT2D eigenvalue weighted by molar-refractivity contribution is 6.20. The molecule has 0 amide bonds. The molecule has 34 heavy (non-hydrogen) atoms. The Morgan fingerprint density at radius 2 is 1.03 bits per heavy atom. The highest BCUT2D eigenvalue weighted by Gasteiger charge is 2.27. The number of benzene rings is 5. The van der Waals surface area contributed by atoms with Crippen LogP contribution in [0.25, 0.3) is 32.9 Å². The van der Waals surface area contributed by atoms with Gasteiger partial charge in [0.1, 0.15) is 0 Å². The van der Waals surface area contributed by atoms with Crippen LogP contribution in [0.1, 0.15) is 0 Å². The van der Waals surface area contributed by atoms with Gasteiger partial charge in [0.2, 0.25) is 5.96 Å². The molecule has 0 radical (unpaired) electrons. The van der Waals surface area contributed by atoms with E-state index in [-0.39, 0.29) is 0 Å². The minimum atomic E-state index is 0.862. The first-order chi connectivity index (χ1) is 16.9. The Kier molecular flexibility index (Phi) is 4.15. The summed E-state index contributed by atoms with van der Waals surface area (Å²) in [6.07, 6.45) is 0. The molecule has 0 saturated heterocycles. The minimum absolute atomic E-state index is 0.862. The molecule has 0 aliphatic carbocycles. The lowest BCUT2D eigenvalue weighted by Gasteiger charge is -2.28. The third-order valence-corrected chi connectivity index (χ3v) is 6.55. The molecule has 5 aromatic carbocycles. The van der Waals surface area contributed by atoms with Crippen molar-refractivity contribution in [1.82, 2.24) is 4.57 Å². The van der Waals surface area contributed by atoms with Gasteiger partial charge >= 0.3 is 0 Å². The number of nitrogens with zero attached hydrogens (tertiary/aromatic N) is 3. The molecule has 0 unspecified atom stereocenters. The summed E-state index contributed by atoms with van der Waals surface area (Å²) >= 11 is 0. The van der Waals surface area contributed by atoms with Gasteiger partial charge in [-0.3, -0.25) is 9.47 Å². The minimum Gasteiger partial charge on any atom is -0.280 e. The van der Waals surface area contributed by atoms with Crippen molar-refractivity contribution in [2.24, 2.45) is 4.99 Å². The van der Waals surface area contributed by atoms with E-state index in [1.165, 1.54) is 16.3 Å². The van der Waals surface area contributed by atoms with E-state index in [0.29, 0.717) is 0 Å². The van der Waals surface area contributed by atoms with Gasteiger partial charge in [-0.25, -0.2) is 4.99 Å². The van der Waals surface area contributed by atoms with Gasteiger partial charge in [0, 0.05) is 27.6 Å². The lowest BCUT2D eigenvalue weighted by molar-refractivity contribution is 1.17. The van der Waals surface area contributed by atoms with Crippen molar-refractivity contribution in [3.05, 3.63) is 127 Å². The SMILES string of the molecule is c1ccc(N2C(n3c4ccccc4c4ccccc43)=Nc3ccccc3-c3ccccc32)cc1. The Hall–Kier alpha value is -4.63. The number of hydrogen-bond donors (Lipinski definition) is 0.